The number of halogens is 1. The van der Waals surface area contributed by atoms with Crippen LogP contribution in [0, 0.1) is 5.92 Å². The van der Waals surface area contributed by atoms with Crippen LogP contribution in [0.15, 0.2) is 34.6 Å². The minimum absolute atomic E-state index is 0. The number of methoxy groups -OCH3 is 1. The van der Waals surface area contributed by atoms with Gasteiger partial charge in [0.15, 0.2) is 5.96 Å². The highest BCUT2D eigenvalue weighted by Crippen LogP contribution is 2.21. The lowest BCUT2D eigenvalue weighted by Crippen LogP contribution is -2.38. The van der Waals surface area contributed by atoms with Gasteiger partial charge in [-0.15, -0.1) is 35.3 Å². The second kappa shape index (κ2) is 14.4. The zero-order valence-corrected chi connectivity index (χ0v) is 23.0. The summed E-state index contributed by atoms with van der Waals surface area (Å²) >= 11 is 1.61. The average Bonchev–Trinajstić information content (AvgIpc) is 3.18. The number of thiazole rings is 1. The molecule has 0 bridgehead atoms. The average molecular weight is 574 g/mol. The zero-order valence-electron chi connectivity index (χ0n) is 19.8. The molecule has 7 nitrogen and oxygen atoms in total. The Hall–Kier alpha value is -1.72. The molecule has 1 atom stereocenters. The standard InChI is InChI=1S/C23H35N5O2S.HI/c1-7-24-23(28(5)14-20-15-31-22(27-20)17(4)30-6)25-13-18-9-8-10-19(12-18)26-21(29)11-16(2)3;/h8-10,12,15-17H,7,11,13-14H2,1-6H3,(H,24,25)(H,26,29);1H. The Bertz CT molecular complexity index is 872. The van der Waals surface area contributed by atoms with Crippen molar-refractivity contribution in [1.82, 2.24) is 15.2 Å². The number of ether oxygens (including phenoxy) is 1. The maximum Gasteiger partial charge on any atom is 0.224 e. The van der Waals surface area contributed by atoms with E-state index in [-0.39, 0.29) is 36.0 Å². The number of nitrogens with one attached hydrogen (secondary N) is 2. The van der Waals surface area contributed by atoms with Crippen molar-refractivity contribution in [1.29, 1.82) is 0 Å². The summed E-state index contributed by atoms with van der Waals surface area (Å²) in [7, 11) is 3.70. The predicted octanol–water partition coefficient (Wildman–Crippen LogP) is 5.05. The van der Waals surface area contributed by atoms with Crippen LogP contribution in [-0.2, 0) is 22.6 Å². The molecule has 0 saturated carbocycles. The van der Waals surface area contributed by atoms with E-state index in [1.165, 1.54) is 0 Å². The van der Waals surface area contributed by atoms with Gasteiger partial charge in [-0.1, -0.05) is 26.0 Å². The number of rotatable bonds is 10. The maximum absolute atomic E-state index is 12.0. The molecule has 1 aromatic carbocycles. The number of amides is 1. The molecule has 0 radical (unpaired) electrons. The molecule has 178 valence electrons. The second-order valence-corrected chi connectivity index (χ2v) is 8.82. The number of carbonyl (C=O) groups is 1. The molecule has 32 heavy (non-hydrogen) atoms. The highest BCUT2D eigenvalue weighted by Gasteiger charge is 2.13. The molecule has 0 aliphatic rings. The molecule has 1 amide bonds. The van der Waals surface area contributed by atoms with Crippen molar-refractivity contribution in [2.75, 3.05) is 26.0 Å². The lowest BCUT2D eigenvalue weighted by Gasteiger charge is -2.21. The van der Waals surface area contributed by atoms with Crippen LogP contribution in [0.3, 0.4) is 0 Å². The number of benzene rings is 1. The van der Waals surface area contributed by atoms with Crippen molar-refractivity contribution in [3.05, 3.63) is 45.9 Å². The van der Waals surface area contributed by atoms with Crippen molar-refractivity contribution in [2.45, 2.75) is 53.3 Å². The molecule has 1 aromatic heterocycles. The Morgan fingerprint density at radius 1 is 1.31 bits per heavy atom. The normalized spacial score (nSPS) is 12.3. The first-order valence-electron chi connectivity index (χ1n) is 10.7. The van der Waals surface area contributed by atoms with E-state index < -0.39 is 0 Å². The minimum Gasteiger partial charge on any atom is -0.375 e. The monoisotopic (exact) mass is 573 g/mol. The van der Waals surface area contributed by atoms with Gasteiger partial charge >= 0.3 is 0 Å². The summed E-state index contributed by atoms with van der Waals surface area (Å²) < 4.78 is 5.35. The van der Waals surface area contributed by atoms with Gasteiger partial charge in [0.2, 0.25) is 5.91 Å². The van der Waals surface area contributed by atoms with E-state index in [0.29, 0.717) is 25.4 Å². The number of carbonyl (C=O) groups excluding carboxylic acids is 1. The van der Waals surface area contributed by atoms with E-state index in [0.717, 1.165) is 34.5 Å². The topological polar surface area (TPSA) is 78.9 Å². The summed E-state index contributed by atoms with van der Waals surface area (Å²) in [4.78, 5) is 23.6. The Morgan fingerprint density at radius 3 is 2.72 bits per heavy atom. The summed E-state index contributed by atoms with van der Waals surface area (Å²) in [6.07, 6.45) is 0.512. The van der Waals surface area contributed by atoms with Gasteiger partial charge in [-0.3, -0.25) is 4.79 Å². The first-order valence-corrected chi connectivity index (χ1v) is 11.6. The number of aliphatic imine (C=N–C) groups is 1. The SMILES string of the molecule is CCNC(=NCc1cccc(NC(=O)CC(C)C)c1)N(C)Cc1csc(C(C)OC)n1.I. The Kier molecular flexibility index (Phi) is 12.8. The molecular weight excluding hydrogens is 537 g/mol. The number of anilines is 1. The van der Waals surface area contributed by atoms with E-state index in [4.69, 9.17) is 9.73 Å². The molecule has 2 N–H and O–H groups in total. The van der Waals surface area contributed by atoms with Crippen molar-refractivity contribution in [2.24, 2.45) is 10.9 Å². The minimum atomic E-state index is -0.000680. The smallest absolute Gasteiger partial charge is 0.224 e. The van der Waals surface area contributed by atoms with Gasteiger partial charge in [-0.2, -0.15) is 0 Å². The number of hydrogen-bond acceptors (Lipinski definition) is 5. The lowest BCUT2D eigenvalue weighted by atomic mass is 10.1. The van der Waals surface area contributed by atoms with Crippen molar-refractivity contribution < 1.29 is 9.53 Å². The Balaban J connectivity index is 0.00000512. The number of hydrogen-bond donors (Lipinski definition) is 2. The molecule has 1 unspecified atom stereocenters. The van der Waals surface area contributed by atoms with Crippen LogP contribution in [0.2, 0.25) is 0 Å². The predicted molar refractivity (Wildman–Crippen MR) is 144 cm³/mol. The largest absolute Gasteiger partial charge is 0.375 e. The van der Waals surface area contributed by atoms with Gasteiger partial charge in [0, 0.05) is 38.2 Å². The molecule has 0 aliphatic carbocycles. The first kappa shape index (κ1) is 28.3. The summed E-state index contributed by atoms with van der Waals surface area (Å²) in [5.41, 5.74) is 2.84. The molecule has 0 aliphatic heterocycles. The molecule has 2 aromatic rings. The van der Waals surface area contributed by atoms with E-state index in [2.05, 4.69) is 32.8 Å². The highest BCUT2D eigenvalue weighted by atomic mass is 127. The third kappa shape index (κ3) is 9.41. The Labute approximate surface area is 213 Å². The van der Waals surface area contributed by atoms with Crippen LogP contribution in [0.25, 0.3) is 0 Å². The summed E-state index contributed by atoms with van der Waals surface area (Å²) in [6, 6.07) is 7.85. The van der Waals surface area contributed by atoms with Crippen molar-refractivity contribution >= 4 is 52.9 Å². The van der Waals surface area contributed by atoms with Crippen LogP contribution in [0.5, 0.6) is 0 Å². The van der Waals surface area contributed by atoms with Gasteiger partial charge < -0.3 is 20.3 Å². The van der Waals surface area contributed by atoms with Gasteiger partial charge in [-0.05, 0) is 37.5 Å². The van der Waals surface area contributed by atoms with Gasteiger partial charge in [-0.25, -0.2) is 9.98 Å². The zero-order chi connectivity index (χ0) is 22.8. The molecule has 2 rings (SSSR count). The number of aromatic nitrogens is 1. The van der Waals surface area contributed by atoms with E-state index in [1.54, 1.807) is 18.4 Å². The number of guanidine groups is 1. The van der Waals surface area contributed by atoms with Crippen molar-refractivity contribution in [3.63, 3.8) is 0 Å². The summed E-state index contributed by atoms with van der Waals surface area (Å²) in [6.45, 7) is 10.1. The van der Waals surface area contributed by atoms with Gasteiger partial charge in [0.25, 0.3) is 0 Å². The van der Waals surface area contributed by atoms with Crippen LogP contribution in [-0.4, -0.2) is 42.5 Å². The lowest BCUT2D eigenvalue weighted by molar-refractivity contribution is -0.116. The van der Waals surface area contributed by atoms with Crippen molar-refractivity contribution in [3.8, 4) is 0 Å². The van der Waals surface area contributed by atoms with E-state index in [9.17, 15) is 4.79 Å². The fourth-order valence-corrected chi connectivity index (χ4v) is 3.81. The molecule has 1 heterocycles. The third-order valence-electron chi connectivity index (χ3n) is 4.58. The molecule has 0 fully saturated rings. The van der Waals surface area contributed by atoms with Crippen LogP contribution in [0.1, 0.15) is 56.5 Å². The third-order valence-corrected chi connectivity index (χ3v) is 5.64. The second-order valence-electron chi connectivity index (χ2n) is 7.93. The molecule has 0 saturated heterocycles. The fourth-order valence-electron chi connectivity index (χ4n) is 2.97. The van der Waals surface area contributed by atoms with Gasteiger partial charge in [0.05, 0.1) is 18.8 Å². The van der Waals surface area contributed by atoms with Crippen LogP contribution in [0.4, 0.5) is 5.69 Å². The molecular formula is C23H36IN5O2S. The van der Waals surface area contributed by atoms with Crippen LogP contribution < -0.4 is 10.6 Å². The molecule has 0 spiro atoms. The number of nitrogens with zero attached hydrogens (tertiary/aromatic N) is 3. The van der Waals surface area contributed by atoms with Crippen LogP contribution >= 0.6 is 35.3 Å². The highest BCUT2D eigenvalue weighted by molar-refractivity contribution is 14.0. The Morgan fingerprint density at radius 2 is 2.06 bits per heavy atom. The van der Waals surface area contributed by atoms with E-state index >= 15 is 0 Å². The first-order chi connectivity index (χ1) is 14.8. The quantitative estimate of drug-likeness (QED) is 0.236. The fraction of sp³-hybridized carbons (Fsp3) is 0.522. The van der Waals surface area contributed by atoms with E-state index in [1.807, 2.05) is 52.1 Å². The summed E-state index contributed by atoms with van der Waals surface area (Å²) in [5, 5.41) is 9.35. The maximum atomic E-state index is 12.0. The van der Waals surface area contributed by atoms with Gasteiger partial charge in [0.1, 0.15) is 11.1 Å². The molecule has 9 heteroatoms. The summed E-state index contributed by atoms with van der Waals surface area (Å²) in [5.74, 6) is 1.18.